The lowest BCUT2D eigenvalue weighted by molar-refractivity contribution is -0.142. The van der Waals surface area contributed by atoms with E-state index in [1.807, 2.05) is 11.0 Å². The Kier molecular flexibility index (Phi) is 5.72. The molecule has 0 aliphatic carbocycles. The summed E-state index contributed by atoms with van der Waals surface area (Å²) in [5.74, 6) is -0.582. The predicted molar refractivity (Wildman–Crippen MR) is 85.5 cm³/mol. The number of benzene rings is 1. The Morgan fingerprint density at radius 2 is 2.17 bits per heavy atom. The highest BCUT2D eigenvalue weighted by atomic mass is 19.1. The van der Waals surface area contributed by atoms with Crippen molar-refractivity contribution in [2.75, 3.05) is 37.7 Å². The Morgan fingerprint density at radius 3 is 2.78 bits per heavy atom. The van der Waals surface area contributed by atoms with Crippen molar-refractivity contribution in [1.82, 2.24) is 4.90 Å². The van der Waals surface area contributed by atoms with Crippen molar-refractivity contribution >= 4 is 11.6 Å². The number of hydrogen-bond acceptors (Lipinski definition) is 4. The minimum atomic E-state index is -0.519. The molecule has 6 heteroatoms. The maximum Gasteiger partial charge on any atom is 0.251 e. The first-order valence-corrected chi connectivity index (χ1v) is 7.53. The van der Waals surface area contributed by atoms with Gasteiger partial charge in [-0.2, -0.15) is 5.26 Å². The van der Waals surface area contributed by atoms with Crippen molar-refractivity contribution < 1.29 is 13.9 Å². The molecule has 0 saturated carbocycles. The molecule has 0 aromatic heterocycles. The van der Waals surface area contributed by atoms with Crippen LogP contribution in [0.25, 0.3) is 0 Å². The lowest BCUT2D eigenvalue weighted by Crippen LogP contribution is -2.51. The van der Waals surface area contributed by atoms with Crippen LogP contribution in [0.1, 0.15) is 12.5 Å². The van der Waals surface area contributed by atoms with E-state index >= 15 is 0 Å². The van der Waals surface area contributed by atoms with Crippen LogP contribution >= 0.6 is 0 Å². The standard InChI is InChI=1S/C17H20FN3O2/c1-3-11-23-13(2)17(22)21-9-7-20(8-10-21)16-6-4-5-15(18)14(16)12-19/h3-6,13H,1,7-11H2,2H3/t13-/m0/s1. The van der Waals surface area contributed by atoms with Gasteiger partial charge < -0.3 is 14.5 Å². The minimum Gasteiger partial charge on any atom is -0.367 e. The van der Waals surface area contributed by atoms with Crippen molar-refractivity contribution in [3.8, 4) is 6.07 Å². The van der Waals surface area contributed by atoms with Crippen molar-refractivity contribution in [3.63, 3.8) is 0 Å². The Morgan fingerprint density at radius 1 is 1.48 bits per heavy atom. The van der Waals surface area contributed by atoms with E-state index in [9.17, 15) is 9.18 Å². The summed E-state index contributed by atoms with van der Waals surface area (Å²) < 4.78 is 19.1. The Bertz CT molecular complexity index is 619. The third-order valence-corrected chi connectivity index (χ3v) is 3.85. The summed E-state index contributed by atoms with van der Waals surface area (Å²) in [6, 6.07) is 6.51. The van der Waals surface area contributed by atoms with E-state index in [1.165, 1.54) is 6.07 Å². The summed E-state index contributed by atoms with van der Waals surface area (Å²) in [4.78, 5) is 15.9. The van der Waals surface area contributed by atoms with Crippen molar-refractivity contribution in [1.29, 1.82) is 5.26 Å². The SMILES string of the molecule is C=CCO[C@@H](C)C(=O)N1CCN(c2cccc(F)c2C#N)CC1. The molecule has 23 heavy (non-hydrogen) atoms. The number of carbonyl (C=O) groups excluding carboxylic acids is 1. The molecule has 0 bridgehead atoms. The molecule has 0 radical (unpaired) electrons. The monoisotopic (exact) mass is 317 g/mol. The van der Waals surface area contributed by atoms with Crippen LogP contribution in [0.2, 0.25) is 0 Å². The predicted octanol–water partition coefficient (Wildman–Crippen LogP) is 1.94. The fraction of sp³-hybridized carbons (Fsp3) is 0.412. The summed E-state index contributed by atoms with van der Waals surface area (Å²) in [7, 11) is 0. The van der Waals surface area contributed by atoms with Crippen LogP contribution in [0.15, 0.2) is 30.9 Å². The molecule has 1 atom stereocenters. The van der Waals surface area contributed by atoms with Gasteiger partial charge in [0.25, 0.3) is 5.91 Å². The van der Waals surface area contributed by atoms with Gasteiger partial charge in [0.15, 0.2) is 0 Å². The Labute approximate surface area is 135 Å². The maximum atomic E-state index is 13.7. The average molecular weight is 317 g/mol. The van der Waals surface area contributed by atoms with Gasteiger partial charge in [-0.05, 0) is 19.1 Å². The van der Waals surface area contributed by atoms with Gasteiger partial charge in [-0.3, -0.25) is 4.79 Å². The second-order valence-corrected chi connectivity index (χ2v) is 5.32. The van der Waals surface area contributed by atoms with E-state index in [2.05, 4.69) is 6.58 Å². The normalized spacial score (nSPS) is 15.9. The number of halogens is 1. The second kappa shape index (κ2) is 7.75. The highest BCUT2D eigenvalue weighted by Crippen LogP contribution is 2.23. The zero-order valence-electron chi connectivity index (χ0n) is 13.2. The molecular weight excluding hydrogens is 297 g/mol. The second-order valence-electron chi connectivity index (χ2n) is 5.32. The van der Waals surface area contributed by atoms with Crippen LogP contribution in [0.4, 0.5) is 10.1 Å². The van der Waals surface area contributed by atoms with Gasteiger partial charge in [0.1, 0.15) is 23.6 Å². The molecular formula is C17H20FN3O2. The molecule has 122 valence electrons. The smallest absolute Gasteiger partial charge is 0.251 e. The van der Waals surface area contributed by atoms with Crippen LogP contribution in [-0.2, 0) is 9.53 Å². The Balaban J connectivity index is 1.99. The van der Waals surface area contributed by atoms with E-state index < -0.39 is 11.9 Å². The number of amides is 1. The largest absolute Gasteiger partial charge is 0.367 e. The maximum absolute atomic E-state index is 13.7. The van der Waals surface area contributed by atoms with E-state index in [1.54, 1.807) is 30.0 Å². The molecule has 1 saturated heterocycles. The Hall–Kier alpha value is -2.39. The lowest BCUT2D eigenvalue weighted by Gasteiger charge is -2.37. The third kappa shape index (κ3) is 3.88. The van der Waals surface area contributed by atoms with Gasteiger partial charge in [0.2, 0.25) is 0 Å². The van der Waals surface area contributed by atoms with Gasteiger partial charge in [-0.25, -0.2) is 4.39 Å². The van der Waals surface area contributed by atoms with E-state index in [-0.39, 0.29) is 11.5 Å². The van der Waals surface area contributed by atoms with Crippen LogP contribution in [0.3, 0.4) is 0 Å². The summed E-state index contributed by atoms with van der Waals surface area (Å²) in [6.45, 7) is 7.75. The van der Waals surface area contributed by atoms with Crippen LogP contribution in [0.5, 0.6) is 0 Å². The molecule has 1 amide bonds. The number of ether oxygens (including phenoxy) is 1. The highest BCUT2D eigenvalue weighted by Gasteiger charge is 2.26. The van der Waals surface area contributed by atoms with E-state index in [0.717, 1.165) is 0 Å². The van der Waals surface area contributed by atoms with Gasteiger partial charge >= 0.3 is 0 Å². The third-order valence-electron chi connectivity index (χ3n) is 3.85. The zero-order chi connectivity index (χ0) is 16.8. The first-order valence-electron chi connectivity index (χ1n) is 7.53. The zero-order valence-corrected chi connectivity index (χ0v) is 13.2. The first-order chi connectivity index (χ1) is 11.1. The van der Waals surface area contributed by atoms with E-state index in [4.69, 9.17) is 10.00 Å². The molecule has 0 spiro atoms. The van der Waals surface area contributed by atoms with Crippen LogP contribution in [-0.4, -0.2) is 49.7 Å². The topological polar surface area (TPSA) is 56.6 Å². The average Bonchev–Trinajstić information content (AvgIpc) is 2.59. The molecule has 1 fully saturated rings. The molecule has 1 heterocycles. The van der Waals surface area contributed by atoms with Gasteiger partial charge in [-0.1, -0.05) is 12.1 Å². The van der Waals surface area contributed by atoms with Crippen LogP contribution < -0.4 is 4.90 Å². The fourth-order valence-electron chi connectivity index (χ4n) is 2.60. The van der Waals surface area contributed by atoms with Crippen molar-refractivity contribution in [2.24, 2.45) is 0 Å². The van der Waals surface area contributed by atoms with Gasteiger partial charge in [0.05, 0.1) is 12.3 Å². The number of rotatable bonds is 5. The minimum absolute atomic E-state index is 0.0509. The number of piperazine rings is 1. The number of nitriles is 1. The van der Waals surface area contributed by atoms with Gasteiger partial charge in [0, 0.05) is 26.2 Å². The summed E-state index contributed by atoms with van der Waals surface area (Å²) in [5, 5.41) is 9.12. The first kappa shape index (κ1) is 17.0. The van der Waals surface area contributed by atoms with E-state index in [0.29, 0.717) is 38.5 Å². The van der Waals surface area contributed by atoms with Crippen molar-refractivity contribution in [2.45, 2.75) is 13.0 Å². The lowest BCUT2D eigenvalue weighted by atomic mass is 10.1. The van der Waals surface area contributed by atoms with Gasteiger partial charge in [-0.15, -0.1) is 6.58 Å². The summed E-state index contributed by atoms with van der Waals surface area (Å²) >= 11 is 0. The summed E-state index contributed by atoms with van der Waals surface area (Å²) in [5.41, 5.74) is 0.630. The van der Waals surface area contributed by atoms with Crippen LogP contribution in [0, 0.1) is 17.1 Å². The molecule has 1 aromatic carbocycles. The molecule has 1 aliphatic rings. The number of hydrogen-bond donors (Lipinski definition) is 0. The quantitative estimate of drug-likeness (QED) is 0.779. The molecule has 2 rings (SSSR count). The number of nitrogens with zero attached hydrogens (tertiary/aromatic N) is 3. The summed E-state index contributed by atoms with van der Waals surface area (Å²) in [6.07, 6.45) is 1.10. The fourth-order valence-corrected chi connectivity index (χ4v) is 2.60. The molecule has 5 nitrogen and oxygen atoms in total. The molecule has 1 aromatic rings. The number of anilines is 1. The molecule has 1 aliphatic heterocycles. The highest BCUT2D eigenvalue weighted by molar-refractivity contribution is 5.81. The molecule has 0 N–H and O–H groups in total. The number of carbonyl (C=O) groups is 1. The van der Waals surface area contributed by atoms with Crippen molar-refractivity contribution in [3.05, 3.63) is 42.2 Å². The molecule has 0 unspecified atom stereocenters.